The summed E-state index contributed by atoms with van der Waals surface area (Å²) >= 11 is 11.9. The first kappa shape index (κ1) is 14.0. The molecular weight excluding hydrogens is 321 g/mol. The third-order valence-electron chi connectivity index (χ3n) is 3.40. The summed E-state index contributed by atoms with van der Waals surface area (Å²) in [4.78, 5) is 4.43. The Balaban J connectivity index is 2.03. The monoisotopic (exact) mass is 333 g/mol. The van der Waals surface area contributed by atoms with E-state index < -0.39 is 10.0 Å². The van der Waals surface area contributed by atoms with E-state index in [4.69, 9.17) is 23.2 Å². The van der Waals surface area contributed by atoms with Gasteiger partial charge in [0.1, 0.15) is 4.90 Å². The minimum Gasteiger partial charge on any atom is -0.324 e. The number of halogens is 2. The van der Waals surface area contributed by atoms with Crippen molar-refractivity contribution in [1.82, 2.24) is 4.72 Å². The molecule has 1 aromatic rings. The lowest BCUT2D eigenvalue weighted by molar-refractivity contribution is 0.591. The lowest BCUT2D eigenvalue weighted by Crippen LogP contribution is -2.41. The number of guanidine groups is 1. The highest BCUT2D eigenvalue weighted by Crippen LogP contribution is 2.35. The van der Waals surface area contributed by atoms with Gasteiger partial charge < -0.3 is 5.32 Å². The molecule has 2 aliphatic rings. The number of fused-ring (bicyclic) bond motifs is 1. The molecule has 1 aliphatic carbocycles. The van der Waals surface area contributed by atoms with Crippen molar-refractivity contribution in [3.8, 4) is 0 Å². The van der Waals surface area contributed by atoms with E-state index in [1.54, 1.807) is 0 Å². The maximum absolute atomic E-state index is 12.2. The van der Waals surface area contributed by atoms with Crippen LogP contribution in [0.15, 0.2) is 22.0 Å². The summed E-state index contributed by atoms with van der Waals surface area (Å²) in [7, 11) is -3.71. The smallest absolute Gasteiger partial charge is 0.267 e. The molecule has 0 amide bonds. The molecule has 0 atom stereocenters. The second-order valence-electron chi connectivity index (χ2n) is 4.91. The molecule has 108 valence electrons. The molecule has 5 nitrogen and oxygen atoms in total. The first-order valence-corrected chi connectivity index (χ1v) is 8.56. The van der Waals surface area contributed by atoms with Crippen LogP contribution in [-0.2, 0) is 10.0 Å². The number of rotatable bonds is 1. The molecule has 1 heterocycles. The summed E-state index contributed by atoms with van der Waals surface area (Å²) < 4.78 is 26.9. The van der Waals surface area contributed by atoms with Crippen LogP contribution in [0.1, 0.15) is 25.7 Å². The van der Waals surface area contributed by atoms with Gasteiger partial charge in [0.05, 0.1) is 16.8 Å². The maximum atomic E-state index is 12.2. The van der Waals surface area contributed by atoms with E-state index >= 15 is 0 Å². The van der Waals surface area contributed by atoms with Crippen molar-refractivity contribution < 1.29 is 8.42 Å². The van der Waals surface area contributed by atoms with E-state index in [1.165, 1.54) is 12.1 Å². The van der Waals surface area contributed by atoms with E-state index in [2.05, 4.69) is 15.0 Å². The fourth-order valence-electron chi connectivity index (χ4n) is 2.53. The van der Waals surface area contributed by atoms with Crippen LogP contribution < -0.4 is 10.0 Å². The Labute approximate surface area is 127 Å². The van der Waals surface area contributed by atoms with Gasteiger partial charge in [0.15, 0.2) is 0 Å². The predicted octanol–water partition coefficient (Wildman–Crippen LogP) is 3.00. The average Bonchev–Trinajstić information content (AvgIpc) is 2.78. The van der Waals surface area contributed by atoms with Gasteiger partial charge in [-0.25, -0.2) is 18.1 Å². The van der Waals surface area contributed by atoms with Crippen LogP contribution in [0, 0.1) is 0 Å². The molecule has 1 saturated carbocycles. The zero-order chi connectivity index (χ0) is 14.3. The van der Waals surface area contributed by atoms with Crippen molar-refractivity contribution in [1.29, 1.82) is 0 Å². The number of aliphatic imine (C=N–C) groups is 1. The third-order valence-corrected chi connectivity index (χ3v) is 5.47. The van der Waals surface area contributed by atoms with Crippen LogP contribution in [0.25, 0.3) is 0 Å². The van der Waals surface area contributed by atoms with Crippen LogP contribution >= 0.6 is 23.2 Å². The minimum atomic E-state index is -3.71. The fraction of sp³-hybridized carbons (Fsp3) is 0.417. The predicted molar refractivity (Wildman–Crippen MR) is 80.1 cm³/mol. The van der Waals surface area contributed by atoms with Crippen molar-refractivity contribution >= 4 is 44.9 Å². The van der Waals surface area contributed by atoms with Crippen LogP contribution in [0.5, 0.6) is 0 Å². The summed E-state index contributed by atoms with van der Waals surface area (Å²) in [6, 6.07) is 3.10. The van der Waals surface area contributed by atoms with Gasteiger partial charge in [-0.1, -0.05) is 36.0 Å². The molecule has 1 aromatic carbocycles. The van der Waals surface area contributed by atoms with Gasteiger partial charge in [-0.05, 0) is 25.0 Å². The number of nitrogens with one attached hydrogen (secondary N) is 2. The first-order chi connectivity index (χ1) is 9.45. The van der Waals surface area contributed by atoms with Crippen LogP contribution in [0.2, 0.25) is 10.0 Å². The topological polar surface area (TPSA) is 70.6 Å². The van der Waals surface area contributed by atoms with E-state index in [0.717, 1.165) is 25.7 Å². The quantitative estimate of drug-likeness (QED) is 0.829. The highest BCUT2D eigenvalue weighted by molar-refractivity contribution is 7.90. The van der Waals surface area contributed by atoms with Gasteiger partial charge >= 0.3 is 0 Å². The average molecular weight is 334 g/mol. The minimum absolute atomic E-state index is 0.00828. The number of nitrogens with zero attached hydrogens (tertiary/aromatic N) is 1. The van der Waals surface area contributed by atoms with Gasteiger partial charge in [-0.3, -0.25) is 0 Å². The second kappa shape index (κ2) is 5.09. The first-order valence-electron chi connectivity index (χ1n) is 6.32. The third kappa shape index (κ3) is 2.60. The molecule has 0 unspecified atom stereocenters. The van der Waals surface area contributed by atoms with Gasteiger partial charge in [0, 0.05) is 5.02 Å². The van der Waals surface area contributed by atoms with Crippen molar-refractivity contribution in [2.45, 2.75) is 36.6 Å². The van der Waals surface area contributed by atoms with Gasteiger partial charge in [0.25, 0.3) is 10.0 Å². The molecular formula is C12H13Cl2N3O2S. The summed E-state index contributed by atoms with van der Waals surface area (Å²) in [5.41, 5.74) is 0.359. The Morgan fingerprint density at radius 2 is 1.90 bits per heavy atom. The number of sulfonamides is 1. The van der Waals surface area contributed by atoms with Crippen molar-refractivity contribution in [3.05, 3.63) is 22.2 Å². The zero-order valence-electron chi connectivity index (χ0n) is 10.5. The van der Waals surface area contributed by atoms with E-state index in [9.17, 15) is 8.42 Å². The van der Waals surface area contributed by atoms with Crippen molar-refractivity contribution in [3.63, 3.8) is 0 Å². The summed E-state index contributed by atoms with van der Waals surface area (Å²) in [6.07, 6.45) is 4.22. The highest BCUT2D eigenvalue weighted by atomic mass is 35.5. The molecule has 2 N–H and O–H groups in total. The Bertz CT molecular complexity index is 682. The molecule has 0 saturated heterocycles. The van der Waals surface area contributed by atoms with Gasteiger partial charge in [-0.2, -0.15) is 0 Å². The zero-order valence-corrected chi connectivity index (χ0v) is 12.8. The largest absolute Gasteiger partial charge is 0.324 e. The van der Waals surface area contributed by atoms with Gasteiger partial charge in [-0.15, -0.1) is 0 Å². The van der Waals surface area contributed by atoms with E-state index in [0.29, 0.717) is 10.7 Å². The molecule has 0 aromatic heterocycles. The van der Waals surface area contributed by atoms with E-state index in [1.807, 2.05) is 0 Å². The fourth-order valence-corrected chi connectivity index (χ4v) is 4.51. The van der Waals surface area contributed by atoms with Gasteiger partial charge in [0.2, 0.25) is 5.96 Å². The number of hydrogen-bond acceptors (Lipinski definition) is 3. The summed E-state index contributed by atoms with van der Waals surface area (Å²) in [5.74, 6) is 0.239. The standard InChI is InChI=1S/C12H13Cl2N3O2S/c13-7-5-9(14)11-10(6-7)16-12(17-20(11,18)19)15-8-3-1-2-4-8/h5-6,8H,1-4H2,(H2,15,16,17). The number of benzene rings is 1. The summed E-state index contributed by atoms with van der Waals surface area (Å²) in [5, 5.41) is 3.42. The van der Waals surface area contributed by atoms with E-state index in [-0.39, 0.29) is 21.9 Å². The molecule has 0 bridgehead atoms. The SMILES string of the molecule is O=S1(=O)NC(=NC2CCCC2)Nc2cc(Cl)cc(Cl)c21. The highest BCUT2D eigenvalue weighted by Gasteiger charge is 2.30. The molecule has 8 heteroatoms. The molecule has 1 fully saturated rings. The molecule has 3 rings (SSSR count). The Morgan fingerprint density at radius 1 is 1.20 bits per heavy atom. The maximum Gasteiger partial charge on any atom is 0.267 e. The number of hydrogen-bond donors (Lipinski definition) is 2. The van der Waals surface area contributed by atoms with Crippen LogP contribution in [0.4, 0.5) is 5.69 Å². The number of anilines is 1. The lowest BCUT2D eigenvalue weighted by atomic mass is 10.3. The summed E-state index contributed by atoms with van der Waals surface area (Å²) in [6.45, 7) is 0. The Hall–Kier alpha value is -0.980. The molecule has 1 aliphatic heterocycles. The lowest BCUT2D eigenvalue weighted by Gasteiger charge is -2.23. The van der Waals surface area contributed by atoms with Crippen LogP contribution in [-0.4, -0.2) is 20.4 Å². The molecule has 0 radical (unpaired) electrons. The molecule has 0 spiro atoms. The molecule has 20 heavy (non-hydrogen) atoms. The Morgan fingerprint density at radius 3 is 2.60 bits per heavy atom. The Kier molecular flexibility index (Phi) is 3.56. The van der Waals surface area contributed by atoms with Crippen molar-refractivity contribution in [2.24, 2.45) is 4.99 Å². The second-order valence-corrected chi connectivity index (χ2v) is 7.37. The van der Waals surface area contributed by atoms with Crippen molar-refractivity contribution in [2.75, 3.05) is 5.32 Å². The van der Waals surface area contributed by atoms with Crippen LogP contribution in [0.3, 0.4) is 0 Å². The normalized spacial score (nSPS) is 23.2.